The number of aliphatic hydroxyl groups excluding tert-OH is 1. The summed E-state index contributed by atoms with van der Waals surface area (Å²) >= 11 is 0. The van der Waals surface area contributed by atoms with Gasteiger partial charge in [-0.2, -0.15) is 4.98 Å². The normalized spacial score (nSPS) is 10.6. The van der Waals surface area contributed by atoms with E-state index in [1.54, 1.807) is 7.11 Å². The van der Waals surface area contributed by atoms with Gasteiger partial charge in [0.1, 0.15) is 5.75 Å². The molecule has 0 aliphatic heterocycles. The third-order valence-electron chi connectivity index (χ3n) is 3.84. The highest BCUT2D eigenvalue weighted by atomic mass is 16.5. The van der Waals surface area contributed by atoms with Gasteiger partial charge in [-0.25, -0.2) is 0 Å². The highest BCUT2D eigenvalue weighted by molar-refractivity contribution is 5.54. The summed E-state index contributed by atoms with van der Waals surface area (Å²) in [6.45, 7) is 1.38. The van der Waals surface area contributed by atoms with Crippen LogP contribution in [0.15, 0.2) is 59.1 Å². The zero-order chi connectivity index (χ0) is 17.5. The third kappa shape index (κ3) is 4.36. The number of ether oxygens (including phenoxy) is 1. The van der Waals surface area contributed by atoms with Crippen LogP contribution in [0, 0.1) is 0 Å². The van der Waals surface area contributed by atoms with Crippen LogP contribution < -0.4 is 9.64 Å². The van der Waals surface area contributed by atoms with E-state index in [2.05, 4.69) is 15.0 Å². The van der Waals surface area contributed by atoms with E-state index in [1.165, 1.54) is 0 Å². The second-order valence-corrected chi connectivity index (χ2v) is 5.58. The number of benzene rings is 2. The number of hydrogen-bond acceptors (Lipinski definition) is 6. The van der Waals surface area contributed by atoms with Gasteiger partial charge in [0.25, 0.3) is 5.89 Å². The van der Waals surface area contributed by atoms with Gasteiger partial charge < -0.3 is 19.3 Å². The molecule has 0 spiro atoms. The average Bonchev–Trinajstić information content (AvgIpc) is 3.14. The van der Waals surface area contributed by atoms with Crippen LogP contribution in [0.3, 0.4) is 0 Å². The van der Waals surface area contributed by atoms with Crippen LogP contribution in [-0.2, 0) is 6.54 Å². The molecule has 0 saturated carbocycles. The lowest BCUT2D eigenvalue weighted by Crippen LogP contribution is -2.25. The molecule has 0 fully saturated rings. The fourth-order valence-corrected chi connectivity index (χ4v) is 2.54. The predicted molar refractivity (Wildman–Crippen MR) is 95.5 cm³/mol. The quantitative estimate of drug-likeness (QED) is 0.680. The molecule has 6 nitrogen and oxygen atoms in total. The molecule has 2 aromatic carbocycles. The van der Waals surface area contributed by atoms with Crippen LogP contribution in [0.1, 0.15) is 12.2 Å². The number of aliphatic hydroxyl groups is 1. The van der Waals surface area contributed by atoms with E-state index >= 15 is 0 Å². The highest BCUT2D eigenvalue weighted by Gasteiger charge is 2.13. The molecule has 0 radical (unpaired) electrons. The Morgan fingerprint density at radius 2 is 1.84 bits per heavy atom. The maximum absolute atomic E-state index is 9.14. The standard InChI is InChI=1S/C19H21N3O3/c1-24-17-10-8-15(9-11-17)19-20-18(21-25-19)14-22(12-5-13-23)16-6-3-2-4-7-16/h2-4,6-11,23H,5,12-14H2,1H3. The van der Waals surface area contributed by atoms with Gasteiger partial charge >= 0.3 is 0 Å². The van der Waals surface area contributed by atoms with Crippen molar-refractivity contribution in [1.82, 2.24) is 10.1 Å². The van der Waals surface area contributed by atoms with Crippen molar-refractivity contribution in [3.63, 3.8) is 0 Å². The van der Waals surface area contributed by atoms with E-state index in [0.717, 1.165) is 17.0 Å². The molecule has 1 heterocycles. The molecular weight excluding hydrogens is 318 g/mol. The summed E-state index contributed by atoms with van der Waals surface area (Å²) < 4.78 is 10.5. The van der Waals surface area contributed by atoms with Gasteiger partial charge in [0.15, 0.2) is 5.82 Å². The number of rotatable bonds is 8. The molecule has 0 aliphatic rings. The summed E-state index contributed by atoms with van der Waals surface area (Å²) in [5.41, 5.74) is 1.91. The Bertz CT molecular complexity index is 772. The SMILES string of the molecule is COc1ccc(-c2nc(CN(CCCO)c3ccccc3)no2)cc1. The first-order valence-corrected chi connectivity index (χ1v) is 8.18. The topological polar surface area (TPSA) is 71.6 Å². The Balaban J connectivity index is 1.75. The molecule has 0 unspecified atom stereocenters. The lowest BCUT2D eigenvalue weighted by Gasteiger charge is -2.22. The van der Waals surface area contributed by atoms with Crippen LogP contribution >= 0.6 is 0 Å². The van der Waals surface area contributed by atoms with E-state index in [9.17, 15) is 0 Å². The molecule has 6 heteroatoms. The summed E-state index contributed by atoms with van der Waals surface area (Å²) in [6.07, 6.45) is 0.679. The Morgan fingerprint density at radius 3 is 2.52 bits per heavy atom. The van der Waals surface area contributed by atoms with Gasteiger partial charge in [0.05, 0.1) is 13.7 Å². The average molecular weight is 339 g/mol. The maximum atomic E-state index is 9.14. The van der Waals surface area contributed by atoms with E-state index in [1.807, 2.05) is 54.6 Å². The van der Waals surface area contributed by atoms with E-state index < -0.39 is 0 Å². The van der Waals surface area contributed by atoms with E-state index in [-0.39, 0.29) is 6.61 Å². The van der Waals surface area contributed by atoms with Crippen molar-refractivity contribution in [2.24, 2.45) is 0 Å². The fraction of sp³-hybridized carbons (Fsp3) is 0.263. The number of methoxy groups -OCH3 is 1. The third-order valence-corrected chi connectivity index (χ3v) is 3.84. The summed E-state index contributed by atoms with van der Waals surface area (Å²) in [6, 6.07) is 17.5. The Morgan fingerprint density at radius 1 is 1.08 bits per heavy atom. The van der Waals surface area contributed by atoms with Crippen molar-refractivity contribution in [3.8, 4) is 17.2 Å². The van der Waals surface area contributed by atoms with E-state index in [0.29, 0.717) is 31.2 Å². The molecule has 130 valence electrons. The first-order valence-electron chi connectivity index (χ1n) is 8.18. The zero-order valence-electron chi connectivity index (χ0n) is 14.1. The second kappa shape index (κ2) is 8.30. The van der Waals surface area contributed by atoms with Crippen LogP contribution in [0.2, 0.25) is 0 Å². The largest absolute Gasteiger partial charge is 0.497 e. The van der Waals surface area contributed by atoms with Crippen LogP contribution in [0.4, 0.5) is 5.69 Å². The summed E-state index contributed by atoms with van der Waals surface area (Å²) in [5.74, 6) is 1.86. The molecule has 0 saturated heterocycles. The number of hydrogen-bond donors (Lipinski definition) is 1. The molecular formula is C19H21N3O3. The molecule has 0 amide bonds. The second-order valence-electron chi connectivity index (χ2n) is 5.58. The van der Waals surface area contributed by atoms with Crippen LogP contribution in [0.5, 0.6) is 5.75 Å². The maximum Gasteiger partial charge on any atom is 0.257 e. The molecule has 25 heavy (non-hydrogen) atoms. The van der Waals surface area contributed by atoms with Crippen LogP contribution in [-0.4, -0.2) is 35.5 Å². The predicted octanol–water partition coefficient (Wildman–Crippen LogP) is 3.13. The molecule has 3 aromatic rings. The minimum absolute atomic E-state index is 0.146. The van der Waals surface area contributed by atoms with E-state index in [4.69, 9.17) is 14.4 Å². The molecule has 0 atom stereocenters. The number of aromatic nitrogens is 2. The minimum Gasteiger partial charge on any atom is -0.497 e. The van der Waals surface area contributed by atoms with Gasteiger partial charge in [0.2, 0.25) is 0 Å². The van der Waals surface area contributed by atoms with Crippen molar-refractivity contribution in [3.05, 3.63) is 60.4 Å². The Hall–Kier alpha value is -2.86. The van der Waals surface area contributed by atoms with Gasteiger partial charge in [0, 0.05) is 24.4 Å². The van der Waals surface area contributed by atoms with Crippen LogP contribution in [0.25, 0.3) is 11.5 Å². The first-order chi connectivity index (χ1) is 12.3. The minimum atomic E-state index is 0.146. The summed E-state index contributed by atoms with van der Waals surface area (Å²) in [7, 11) is 1.63. The fourth-order valence-electron chi connectivity index (χ4n) is 2.54. The Kier molecular flexibility index (Phi) is 5.64. The smallest absolute Gasteiger partial charge is 0.257 e. The van der Waals surface area contributed by atoms with Gasteiger partial charge in [-0.05, 0) is 42.8 Å². The molecule has 0 aliphatic carbocycles. The zero-order valence-corrected chi connectivity index (χ0v) is 14.1. The van der Waals surface area contributed by atoms with Crippen molar-refractivity contribution in [2.45, 2.75) is 13.0 Å². The van der Waals surface area contributed by atoms with Crippen molar-refractivity contribution in [2.75, 3.05) is 25.2 Å². The molecule has 1 aromatic heterocycles. The van der Waals surface area contributed by atoms with Gasteiger partial charge in [-0.1, -0.05) is 23.4 Å². The lowest BCUT2D eigenvalue weighted by atomic mass is 10.2. The summed E-state index contributed by atoms with van der Waals surface area (Å²) in [5, 5.41) is 13.2. The van der Waals surface area contributed by atoms with Gasteiger partial charge in [-0.3, -0.25) is 0 Å². The highest BCUT2D eigenvalue weighted by Crippen LogP contribution is 2.22. The van der Waals surface area contributed by atoms with Crippen molar-refractivity contribution >= 4 is 5.69 Å². The lowest BCUT2D eigenvalue weighted by molar-refractivity contribution is 0.289. The summed E-state index contributed by atoms with van der Waals surface area (Å²) in [4.78, 5) is 6.61. The molecule has 1 N–H and O–H groups in total. The first kappa shape index (κ1) is 17.0. The number of nitrogens with zero attached hydrogens (tertiary/aromatic N) is 3. The number of anilines is 1. The Labute approximate surface area is 146 Å². The monoisotopic (exact) mass is 339 g/mol. The van der Waals surface area contributed by atoms with Gasteiger partial charge in [-0.15, -0.1) is 0 Å². The van der Waals surface area contributed by atoms with Crippen molar-refractivity contribution < 1.29 is 14.4 Å². The van der Waals surface area contributed by atoms with Crippen molar-refractivity contribution in [1.29, 1.82) is 0 Å². The molecule has 3 rings (SSSR count). The molecule has 0 bridgehead atoms. The number of para-hydroxylation sites is 1.